The van der Waals surface area contributed by atoms with E-state index < -0.39 is 28.5 Å². The van der Waals surface area contributed by atoms with Crippen LogP contribution in [0.25, 0.3) is 0 Å². The van der Waals surface area contributed by atoms with Gasteiger partial charge >= 0.3 is 12.1 Å². The van der Waals surface area contributed by atoms with Crippen molar-refractivity contribution >= 4 is 23.4 Å². The molecule has 1 saturated heterocycles. The Kier molecular flexibility index (Phi) is 6.20. The first-order valence-electron chi connectivity index (χ1n) is 10.6. The summed E-state index contributed by atoms with van der Waals surface area (Å²) in [6.45, 7) is 3.26. The highest BCUT2D eigenvalue weighted by molar-refractivity contribution is 6.31. The summed E-state index contributed by atoms with van der Waals surface area (Å²) in [4.78, 5) is 17.1. The van der Waals surface area contributed by atoms with Crippen molar-refractivity contribution < 1.29 is 32.2 Å². The predicted octanol–water partition coefficient (Wildman–Crippen LogP) is 6.15. The Morgan fingerprint density at radius 3 is 2.52 bits per heavy atom. The molecule has 2 fully saturated rings. The van der Waals surface area contributed by atoms with Crippen LogP contribution >= 0.6 is 11.6 Å². The van der Waals surface area contributed by atoms with Crippen molar-refractivity contribution in [2.45, 2.75) is 44.7 Å². The van der Waals surface area contributed by atoms with Crippen molar-refractivity contribution in [3.8, 4) is 5.75 Å². The van der Waals surface area contributed by atoms with Gasteiger partial charge in [0.1, 0.15) is 17.4 Å². The quantitative estimate of drug-likeness (QED) is 0.496. The van der Waals surface area contributed by atoms with Crippen LogP contribution in [0, 0.1) is 11.2 Å². The number of pyridine rings is 1. The lowest BCUT2D eigenvalue weighted by atomic mass is 9.81. The van der Waals surface area contributed by atoms with Crippen LogP contribution < -0.4 is 9.64 Å². The van der Waals surface area contributed by atoms with Crippen LogP contribution in [0.15, 0.2) is 24.4 Å². The summed E-state index contributed by atoms with van der Waals surface area (Å²) in [5, 5.41) is 8.76. The van der Waals surface area contributed by atoms with Gasteiger partial charge < -0.3 is 14.7 Å². The third-order valence-electron chi connectivity index (χ3n) is 6.36. The number of piperidine rings is 1. The highest BCUT2D eigenvalue weighted by Gasteiger charge is 2.36. The van der Waals surface area contributed by atoms with Crippen molar-refractivity contribution in [3.63, 3.8) is 0 Å². The van der Waals surface area contributed by atoms with Crippen LogP contribution in [-0.2, 0) is 6.18 Å². The number of carboxylic acids is 1. The Morgan fingerprint density at radius 2 is 1.94 bits per heavy atom. The van der Waals surface area contributed by atoms with Gasteiger partial charge in [-0.2, -0.15) is 13.2 Å². The molecule has 1 aliphatic heterocycles. The summed E-state index contributed by atoms with van der Waals surface area (Å²) in [6.07, 6.45) is -0.466. The van der Waals surface area contributed by atoms with E-state index in [1.54, 1.807) is 4.90 Å². The number of rotatable bonds is 6. The first-order chi connectivity index (χ1) is 15.5. The molecule has 2 aliphatic rings. The predicted molar refractivity (Wildman–Crippen MR) is 115 cm³/mol. The smallest absolute Gasteiger partial charge is 0.418 e. The maximum absolute atomic E-state index is 14.2. The Balaban J connectivity index is 1.43. The molecule has 2 heterocycles. The van der Waals surface area contributed by atoms with E-state index in [0.29, 0.717) is 37.2 Å². The summed E-state index contributed by atoms with van der Waals surface area (Å²) >= 11 is 5.67. The van der Waals surface area contributed by atoms with Gasteiger partial charge in [-0.25, -0.2) is 14.2 Å². The van der Waals surface area contributed by atoms with Gasteiger partial charge in [0.25, 0.3) is 0 Å². The summed E-state index contributed by atoms with van der Waals surface area (Å²) in [7, 11) is 0. The minimum Gasteiger partial charge on any atom is -0.493 e. The minimum atomic E-state index is -4.56. The Bertz CT molecular complexity index is 1060. The number of carboxylic acid groups (broad SMARTS) is 1. The fraction of sp³-hybridized carbons (Fsp3) is 0.478. The van der Waals surface area contributed by atoms with Crippen LogP contribution in [0.2, 0.25) is 5.02 Å². The van der Waals surface area contributed by atoms with Gasteiger partial charge in [-0.3, -0.25) is 0 Å². The Morgan fingerprint density at radius 1 is 1.27 bits per heavy atom. The second-order valence-electron chi connectivity index (χ2n) is 9.06. The van der Waals surface area contributed by atoms with Crippen LogP contribution in [0.4, 0.5) is 23.4 Å². The molecule has 1 aromatic heterocycles. The van der Waals surface area contributed by atoms with E-state index in [2.05, 4.69) is 4.98 Å². The fourth-order valence-electron chi connectivity index (χ4n) is 4.06. The molecule has 178 valence electrons. The zero-order valence-corrected chi connectivity index (χ0v) is 18.6. The fourth-order valence-corrected chi connectivity index (χ4v) is 4.27. The number of hydrogen-bond donors (Lipinski definition) is 1. The molecule has 0 radical (unpaired) electrons. The number of ether oxygens (including phenoxy) is 1. The van der Waals surface area contributed by atoms with Gasteiger partial charge in [-0.05, 0) is 49.3 Å². The molecule has 0 amide bonds. The first kappa shape index (κ1) is 23.6. The molecule has 0 spiro atoms. The molecule has 2 aromatic rings. The lowest BCUT2D eigenvalue weighted by molar-refractivity contribution is -0.137. The van der Waals surface area contributed by atoms with Gasteiger partial charge in [-0.15, -0.1) is 0 Å². The molecule has 1 N–H and O–H groups in total. The topological polar surface area (TPSA) is 62.7 Å². The lowest BCUT2D eigenvalue weighted by Crippen LogP contribution is -2.42. The van der Waals surface area contributed by atoms with Crippen molar-refractivity contribution in [2.24, 2.45) is 5.41 Å². The molecular formula is C23H23ClF4N2O3. The SMILES string of the molecule is CC1(COc2cc(F)c(C(=O)O)cc2C2CC2)CCN(c2cc(C(F)(F)F)c(Cl)cn2)CC1. The van der Waals surface area contributed by atoms with Gasteiger partial charge in [0.05, 0.1) is 22.8 Å². The number of halogens is 5. The zero-order valence-electron chi connectivity index (χ0n) is 17.9. The van der Waals surface area contributed by atoms with E-state index >= 15 is 0 Å². The summed E-state index contributed by atoms with van der Waals surface area (Å²) < 4.78 is 59.7. The number of carbonyl (C=O) groups is 1. The normalized spacial score (nSPS) is 18.3. The molecule has 10 heteroatoms. The van der Waals surface area contributed by atoms with Gasteiger partial charge in [-0.1, -0.05) is 18.5 Å². The second-order valence-corrected chi connectivity index (χ2v) is 9.46. The summed E-state index contributed by atoms with van der Waals surface area (Å²) in [5.41, 5.74) is -0.846. The molecule has 0 unspecified atom stereocenters. The molecular weight excluding hydrogens is 464 g/mol. The van der Waals surface area contributed by atoms with Crippen LogP contribution in [0.1, 0.15) is 60.0 Å². The Labute approximate surface area is 193 Å². The second kappa shape index (κ2) is 8.66. The van der Waals surface area contributed by atoms with Gasteiger partial charge in [0, 0.05) is 30.8 Å². The zero-order chi connectivity index (χ0) is 24.0. The summed E-state index contributed by atoms with van der Waals surface area (Å²) in [6, 6.07) is 3.47. The van der Waals surface area contributed by atoms with Crippen LogP contribution in [0.3, 0.4) is 0 Å². The average Bonchev–Trinajstić information content (AvgIpc) is 3.57. The van der Waals surface area contributed by atoms with E-state index in [9.17, 15) is 27.5 Å². The van der Waals surface area contributed by atoms with Crippen molar-refractivity contribution in [1.82, 2.24) is 4.98 Å². The maximum atomic E-state index is 14.2. The number of anilines is 1. The number of alkyl halides is 3. The molecule has 1 saturated carbocycles. The number of benzene rings is 1. The van der Waals surface area contributed by atoms with Gasteiger partial charge in [0.2, 0.25) is 0 Å². The number of aromatic carboxylic acids is 1. The number of nitrogens with zero attached hydrogens (tertiary/aromatic N) is 2. The van der Waals surface area contributed by atoms with E-state index in [1.165, 1.54) is 6.07 Å². The minimum absolute atomic E-state index is 0.173. The van der Waals surface area contributed by atoms with Gasteiger partial charge in [0.15, 0.2) is 0 Å². The summed E-state index contributed by atoms with van der Waals surface area (Å²) in [5.74, 6) is -1.40. The highest BCUT2D eigenvalue weighted by Crippen LogP contribution is 2.46. The van der Waals surface area contributed by atoms with Crippen molar-refractivity contribution in [1.29, 1.82) is 0 Å². The molecule has 1 aromatic carbocycles. The van der Waals surface area contributed by atoms with Crippen LogP contribution in [-0.4, -0.2) is 35.8 Å². The van der Waals surface area contributed by atoms with Crippen LogP contribution in [0.5, 0.6) is 5.75 Å². The molecule has 0 atom stereocenters. The molecule has 33 heavy (non-hydrogen) atoms. The standard InChI is InChI=1S/C23H23ClF4N2O3/c1-22(12-33-19-10-18(25)15(21(31)32)8-14(19)13-2-3-13)4-6-30(7-5-22)20-9-16(23(26,27)28)17(24)11-29-20/h8-11,13H,2-7,12H2,1H3,(H,31,32). The van der Waals surface area contributed by atoms with Crippen molar-refractivity contribution in [2.75, 3.05) is 24.6 Å². The van der Waals surface area contributed by atoms with E-state index in [4.69, 9.17) is 16.3 Å². The third-order valence-corrected chi connectivity index (χ3v) is 6.67. The highest BCUT2D eigenvalue weighted by atomic mass is 35.5. The maximum Gasteiger partial charge on any atom is 0.418 e. The average molecular weight is 487 g/mol. The van der Waals surface area contributed by atoms with Crippen molar-refractivity contribution in [3.05, 3.63) is 51.9 Å². The molecule has 1 aliphatic carbocycles. The molecule has 0 bridgehead atoms. The number of aromatic nitrogens is 1. The third kappa shape index (κ3) is 5.18. The lowest BCUT2D eigenvalue weighted by Gasteiger charge is -2.40. The molecule has 5 nitrogen and oxygen atoms in total. The van der Waals surface area contributed by atoms with E-state index in [-0.39, 0.29) is 29.3 Å². The van der Waals surface area contributed by atoms with E-state index in [1.807, 2.05) is 6.92 Å². The number of hydrogen-bond acceptors (Lipinski definition) is 4. The first-order valence-corrected chi connectivity index (χ1v) is 11.0. The Hall–Kier alpha value is -2.55. The largest absolute Gasteiger partial charge is 0.493 e. The van der Waals surface area contributed by atoms with E-state index in [0.717, 1.165) is 31.2 Å². The monoisotopic (exact) mass is 486 g/mol. The molecule has 4 rings (SSSR count).